The van der Waals surface area contributed by atoms with E-state index in [4.69, 9.17) is 23.2 Å². The third-order valence-corrected chi connectivity index (χ3v) is 4.32. The molecule has 9 heteroatoms. The fourth-order valence-electron chi connectivity index (χ4n) is 2.25. The van der Waals surface area contributed by atoms with Crippen molar-refractivity contribution in [2.75, 3.05) is 0 Å². The van der Waals surface area contributed by atoms with E-state index >= 15 is 0 Å². The Hall–Kier alpha value is -2.38. The van der Waals surface area contributed by atoms with Crippen LogP contribution in [0.3, 0.4) is 0 Å². The van der Waals surface area contributed by atoms with Gasteiger partial charge in [-0.1, -0.05) is 29.3 Å². The van der Waals surface area contributed by atoms with Gasteiger partial charge in [0.2, 0.25) is 5.91 Å². The van der Waals surface area contributed by atoms with Crippen molar-refractivity contribution in [3.8, 4) is 0 Å². The molecule has 0 atom stereocenters. The first-order valence-corrected chi connectivity index (χ1v) is 7.97. The Morgan fingerprint density at radius 1 is 1.24 bits per heavy atom. The van der Waals surface area contributed by atoms with Crippen LogP contribution in [0.25, 0.3) is 0 Å². The lowest BCUT2D eigenvalue weighted by molar-refractivity contribution is -0.385. The molecule has 1 amide bonds. The van der Waals surface area contributed by atoms with Crippen LogP contribution < -0.4 is 10.9 Å². The maximum Gasteiger partial charge on any atom is 0.285 e. The highest BCUT2D eigenvalue weighted by molar-refractivity contribution is 6.42. The number of hydrogen-bond acceptors (Lipinski definition) is 4. The SMILES string of the molecule is CC(C)(NC(=O)Cn1cc([N+](=O)[O-])ccc1=O)c1ccc(Cl)c(Cl)c1. The van der Waals surface area contributed by atoms with Gasteiger partial charge in [0, 0.05) is 12.1 Å². The molecule has 0 radical (unpaired) electrons. The molecule has 0 bridgehead atoms. The van der Waals surface area contributed by atoms with Crippen molar-refractivity contribution in [1.29, 1.82) is 0 Å². The molecule has 0 unspecified atom stereocenters. The number of halogens is 2. The molecule has 25 heavy (non-hydrogen) atoms. The quantitative estimate of drug-likeness (QED) is 0.633. The average molecular weight is 384 g/mol. The van der Waals surface area contributed by atoms with E-state index in [1.54, 1.807) is 32.0 Å². The van der Waals surface area contributed by atoms with Crippen LogP contribution in [0.2, 0.25) is 10.0 Å². The van der Waals surface area contributed by atoms with Gasteiger partial charge >= 0.3 is 0 Å². The van der Waals surface area contributed by atoms with Crippen LogP contribution in [0.5, 0.6) is 0 Å². The van der Waals surface area contributed by atoms with Crippen LogP contribution in [0.1, 0.15) is 19.4 Å². The Bertz CT molecular complexity index is 893. The van der Waals surface area contributed by atoms with E-state index in [0.29, 0.717) is 10.0 Å². The molecule has 132 valence electrons. The van der Waals surface area contributed by atoms with Gasteiger partial charge in [0.1, 0.15) is 6.54 Å². The van der Waals surface area contributed by atoms with Crippen LogP contribution in [0.4, 0.5) is 5.69 Å². The zero-order chi connectivity index (χ0) is 18.8. The zero-order valence-corrected chi connectivity index (χ0v) is 15.0. The highest BCUT2D eigenvalue weighted by Crippen LogP contribution is 2.28. The predicted octanol–water partition coefficient (Wildman–Crippen LogP) is 3.11. The molecule has 1 aromatic heterocycles. The van der Waals surface area contributed by atoms with Crippen molar-refractivity contribution in [3.63, 3.8) is 0 Å². The third-order valence-electron chi connectivity index (χ3n) is 3.59. The topological polar surface area (TPSA) is 94.2 Å². The number of nitrogens with zero attached hydrogens (tertiary/aromatic N) is 2. The first-order chi connectivity index (χ1) is 11.6. The summed E-state index contributed by atoms with van der Waals surface area (Å²) in [5.41, 5.74) is -0.832. The molecule has 2 aromatic rings. The van der Waals surface area contributed by atoms with Gasteiger partial charge in [0.15, 0.2) is 0 Å². The minimum atomic E-state index is -0.782. The van der Waals surface area contributed by atoms with E-state index in [0.717, 1.165) is 28.5 Å². The van der Waals surface area contributed by atoms with Gasteiger partial charge < -0.3 is 5.32 Å². The molecular weight excluding hydrogens is 369 g/mol. The fraction of sp³-hybridized carbons (Fsp3) is 0.250. The molecule has 0 spiro atoms. The van der Waals surface area contributed by atoms with E-state index in [2.05, 4.69) is 5.32 Å². The maximum absolute atomic E-state index is 12.3. The van der Waals surface area contributed by atoms with Crippen molar-refractivity contribution >= 4 is 34.8 Å². The highest BCUT2D eigenvalue weighted by atomic mass is 35.5. The van der Waals surface area contributed by atoms with E-state index in [-0.39, 0.29) is 12.2 Å². The maximum atomic E-state index is 12.3. The van der Waals surface area contributed by atoms with Crippen molar-refractivity contribution in [3.05, 3.63) is 72.6 Å². The van der Waals surface area contributed by atoms with Crippen molar-refractivity contribution < 1.29 is 9.72 Å². The molecule has 0 fully saturated rings. The average Bonchev–Trinajstić information content (AvgIpc) is 2.51. The minimum absolute atomic E-state index is 0.267. The number of aromatic nitrogens is 1. The normalized spacial score (nSPS) is 11.2. The Morgan fingerprint density at radius 2 is 1.92 bits per heavy atom. The molecule has 7 nitrogen and oxygen atoms in total. The highest BCUT2D eigenvalue weighted by Gasteiger charge is 2.24. The molecule has 1 heterocycles. The van der Waals surface area contributed by atoms with Crippen LogP contribution in [0, 0.1) is 10.1 Å². The summed E-state index contributed by atoms with van der Waals surface area (Å²) in [6.07, 6.45) is 1.04. The van der Waals surface area contributed by atoms with Crippen molar-refractivity contribution in [1.82, 2.24) is 9.88 Å². The third kappa shape index (κ3) is 4.58. The summed E-state index contributed by atoms with van der Waals surface area (Å²) in [5, 5.41) is 14.3. The van der Waals surface area contributed by atoms with E-state index in [1.165, 1.54) is 0 Å². The van der Waals surface area contributed by atoms with Gasteiger partial charge in [-0.3, -0.25) is 24.3 Å². The minimum Gasteiger partial charge on any atom is -0.346 e. The van der Waals surface area contributed by atoms with Gasteiger partial charge in [-0.15, -0.1) is 0 Å². The number of benzene rings is 1. The summed E-state index contributed by atoms with van der Waals surface area (Å²) in [6, 6.07) is 7.14. The van der Waals surface area contributed by atoms with Crippen LogP contribution in [0.15, 0.2) is 41.3 Å². The Balaban J connectivity index is 2.19. The van der Waals surface area contributed by atoms with Gasteiger partial charge in [0.05, 0.1) is 26.7 Å². The summed E-state index contributed by atoms with van der Waals surface area (Å²) in [7, 11) is 0. The number of hydrogen-bond donors (Lipinski definition) is 1. The lowest BCUT2D eigenvalue weighted by atomic mass is 9.94. The second kappa shape index (κ2) is 7.25. The van der Waals surface area contributed by atoms with Gasteiger partial charge in [-0.2, -0.15) is 0 Å². The number of amides is 1. The van der Waals surface area contributed by atoms with Crippen molar-refractivity contribution in [2.45, 2.75) is 25.9 Å². The van der Waals surface area contributed by atoms with E-state index in [1.807, 2.05) is 0 Å². The number of nitrogens with one attached hydrogen (secondary N) is 1. The smallest absolute Gasteiger partial charge is 0.285 e. The van der Waals surface area contributed by atoms with Crippen LogP contribution >= 0.6 is 23.2 Å². The van der Waals surface area contributed by atoms with E-state index < -0.39 is 21.9 Å². The first-order valence-electron chi connectivity index (χ1n) is 7.21. The fourth-order valence-corrected chi connectivity index (χ4v) is 2.55. The number of carbonyl (C=O) groups excluding carboxylic acids is 1. The Labute approximate surface area is 153 Å². The second-order valence-corrected chi connectivity index (χ2v) is 6.73. The Kier molecular flexibility index (Phi) is 5.49. The van der Waals surface area contributed by atoms with Crippen LogP contribution in [-0.4, -0.2) is 15.4 Å². The molecule has 1 aromatic carbocycles. The summed E-state index contributed by atoms with van der Waals surface area (Å²) < 4.78 is 0.985. The molecule has 0 aliphatic carbocycles. The molecular formula is C16H15Cl2N3O4. The molecule has 0 aliphatic rings. The van der Waals surface area contributed by atoms with Gasteiger partial charge in [-0.05, 0) is 31.5 Å². The van der Waals surface area contributed by atoms with Gasteiger partial charge in [-0.25, -0.2) is 0 Å². The molecule has 0 aliphatic heterocycles. The zero-order valence-electron chi connectivity index (χ0n) is 13.5. The predicted molar refractivity (Wildman–Crippen MR) is 95.0 cm³/mol. The largest absolute Gasteiger partial charge is 0.346 e. The number of pyridine rings is 1. The summed E-state index contributed by atoms with van der Waals surface area (Å²) in [4.78, 5) is 34.2. The van der Waals surface area contributed by atoms with Gasteiger partial charge in [0.25, 0.3) is 11.2 Å². The Morgan fingerprint density at radius 3 is 2.52 bits per heavy atom. The summed E-state index contributed by atoms with van der Waals surface area (Å²) in [6.45, 7) is 3.19. The summed E-state index contributed by atoms with van der Waals surface area (Å²) in [5.74, 6) is -0.473. The standard InChI is InChI=1S/C16H15Cl2N3O4/c1-16(2,10-3-5-12(17)13(18)7-10)19-14(22)9-20-8-11(21(24)25)4-6-15(20)23/h3-8H,9H2,1-2H3,(H,19,22). The molecule has 1 N–H and O–H groups in total. The molecule has 0 saturated carbocycles. The first kappa shape index (κ1) is 19.0. The van der Waals surface area contributed by atoms with Crippen LogP contribution in [-0.2, 0) is 16.9 Å². The number of rotatable bonds is 5. The number of carbonyl (C=O) groups is 1. The lowest BCUT2D eigenvalue weighted by Crippen LogP contribution is -2.43. The summed E-state index contributed by atoms with van der Waals surface area (Å²) >= 11 is 11.9. The van der Waals surface area contributed by atoms with Crippen molar-refractivity contribution in [2.24, 2.45) is 0 Å². The monoisotopic (exact) mass is 383 g/mol. The molecule has 2 rings (SSSR count). The number of nitro groups is 1. The second-order valence-electron chi connectivity index (χ2n) is 5.91. The van der Waals surface area contributed by atoms with E-state index in [9.17, 15) is 19.7 Å². The lowest BCUT2D eigenvalue weighted by Gasteiger charge is -2.27. The molecule has 0 saturated heterocycles.